The molecule has 0 aromatic heterocycles. The van der Waals surface area contributed by atoms with Crippen molar-refractivity contribution in [2.45, 2.75) is 51.4 Å². The van der Waals surface area contributed by atoms with E-state index in [4.69, 9.17) is 17.3 Å². The normalized spacial score (nSPS) is 21.5. The highest BCUT2D eigenvalue weighted by atomic mass is 35.5. The molecule has 21 heavy (non-hydrogen) atoms. The number of rotatable bonds is 5. The topological polar surface area (TPSA) is 38.5 Å². The zero-order chi connectivity index (χ0) is 15.4. The molecule has 0 amide bonds. The zero-order valence-electron chi connectivity index (χ0n) is 12.1. The quantitative estimate of drug-likeness (QED) is 0.900. The minimum absolute atomic E-state index is 0.0453. The molecule has 2 atom stereocenters. The predicted molar refractivity (Wildman–Crippen MR) is 79.8 cm³/mol. The van der Waals surface area contributed by atoms with Crippen LogP contribution in [-0.4, -0.2) is 30.1 Å². The highest BCUT2D eigenvalue weighted by Gasteiger charge is 2.26. The third-order valence-corrected chi connectivity index (χ3v) is 4.12. The van der Waals surface area contributed by atoms with Gasteiger partial charge in [0.2, 0.25) is 0 Å². The first kappa shape index (κ1) is 16.5. The van der Waals surface area contributed by atoms with E-state index >= 15 is 0 Å². The van der Waals surface area contributed by atoms with Crippen LogP contribution in [0.25, 0.3) is 0 Å². The highest BCUT2D eigenvalue weighted by Crippen LogP contribution is 2.29. The Morgan fingerprint density at radius 1 is 1.43 bits per heavy atom. The Hall–Kier alpha value is -0.910. The largest absolute Gasteiger partial charge is 0.434 e. The minimum Gasteiger partial charge on any atom is -0.434 e. The lowest BCUT2D eigenvalue weighted by molar-refractivity contribution is -0.0510. The van der Waals surface area contributed by atoms with Crippen molar-refractivity contribution in [1.82, 2.24) is 4.90 Å². The summed E-state index contributed by atoms with van der Waals surface area (Å²) in [6.07, 6.45) is 3.27. The van der Waals surface area contributed by atoms with Crippen LogP contribution >= 0.6 is 11.6 Å². The van der Waals surface area contributed by atoms with Gasteiger partial charge in [-0.05, 0) is 44.5 Å². The molecule has 118 valence electrons. The first-order chi connectivity index (χ1) is 9.97. The smallest absolute Gasteiger partial charge is 0.387 e. The fraction of sp³-hybridized carbons (Fsp3) is 0.600. The lowest BCUT2D eigenvalue weighted by atomic mass is 9.96. The van der Waals surface area contributed by atoms with Crippen LogP contribution in [0.4, 0.5) is 8.78 Å². The maximum Gasteiger partial charge on any atom is 0.387 e. The Morgan fingerprint density at radius 3 is 2.86 bits per heavy atom. The Morgan fingerprint density at radius 2 is 2.19 bits per heavy atom. The maximum absolute atomic E-state index is 12.5. The van der Waals surface area contributed by atoms with E-state index < -0.39 is 6.61 Å². The minimum atomic E-state index is -2.84. The maximum atomic E-state index is 12.5. The van der Waals surface area contributed by atoms with Crippen molar-refractivity contribution in [3.05, 3.63) is 28.8 Å². The monoisotopic (exact) mass is 318 g/mol. The van der Waals surface area contributed by atoms with Crippen LogP contribution in [0.1, 0.15) is 31.7 Å². The van der Waals surface area contributed by atoms with Crippen LogP contribution in [0.3, 0.4) is 0 Å². The summed E-state index contributed by atoms with van der Waals surface area (Å²) in [5, 5.41) is 0.515. The Labute approximate surface area is 129 Å². The van der Waals surface area contributed by atoms with Gasteiger partial charge in [0, 0.05) is 29.2 Å². The standard InChI is InChI=1S/C15H21ClF2N2O/c1-10(19)13-4-2-3-7-20(13)9-11-8-12(16)5-6-14(11)21-15(17)18/h5-6,8,10,13,15H,2-4,7,9,19H2,1H3. The van der Waals surface area contributed by atoms with E-state index in [9.17, 15) is 8.78 Å². The molecule has 2 rings (SSSR count). The van der Waals surface area contributed by atoms with Crippen molar-refractivity contribution < 1.29 is 13.5 Å². The molecule has 1 aromatic rings. The highest BCUT2D eigenvalue weighted by molar-refractivity contribution is 6.30. The number of hydrogen-bond donors (Lipinski definition) is 1. The number of benzene rings is 1. The Bertz CT molecular complexity index is 471. The van der Waals surface area contributed by atoms with Crippen LogP contribution in [0, 0.1) is 0 Å². The average molecular weight is 319 g/mol. The van der Waals surface area contributed by atoms with Crippen molar-refractivity contribution in [2.75, 3.05) is 6.54 Å². The first-order valence-electron chi connectivity index (χ1n) is 7.20. The van der Waals surface area contributed by atoms with Crippen LogP contribution in [-0.2, 0) is 6.54 Å². The number of alkyl halides is 2. The van der Waals surface area contributed by atoms with E-state index in [2.05, 4.69) is 9.64 Å². The summed E-state index contributed by atoms with van der Waals surface area (Å²) < 4.78 is 29.6. The van der Waals surface area contributed by atoms with Crippen LogP contribution in [0.5, 0.6) is 5.75 Å². The van der Waals surface area contributed by atoms with Gasteiger partial charge in [-0.15, -0.1) is 0 Å². The molecule has 6 heteroatoms. The molecule has 1 heterocycles. The van der Waals surface area contributed by atoms with Gasteiger partial charge in [-0.2, -0.15) is 8.78 Å². The van der Waals surface area contributed by atoms with Crippen molar-refractivity contribution in [2.24, 2.45) is 5.73 Å². The molecular weight excluding hydrogens is 298 g/mol. The second kappa shape index (κ2) is 7.38. The second-order valence-corrected chi connectivity index (χ2v) is 5.96. The van der Waals surface area contributed by atoms with Crippen LogP contribution in [0.2, 0.25) is 5.02 Å². The number of hydrogen-bond acceptors (Lipinski definition) is 3. The molecule has 1 fully saturated rings. The second-order valence-electron chi connectivity index (χ2n) is 5.52. The fourth-order valence-electron chi connectivity index (χ4n) is 2.91. The summed E-state index contributed by atoms with van der Waals surface area (Å²) in [7, 11) is 0. The third kappa shape index (κ3) is 4.53. The lowest BCUT2D eigenvalue weighted by Crippen LogP contribution is -2.48. The average Bonchev–Trinajstić information content (AvgIpc) is 2.42. The van der Waals surface area contributed by atoms with Gasteiger partial charge in [0.25, 0.3) is 0 Å². The molecular formula is C15H21ClF2N2O. The molecule has 1 saturated heterocycles. The third-order valence-electron chi connectivity index (χ3n) is 3.88. The van der Waals surface area contributed by atoms with Crippen molar-refractivity contribution in [1.29, 1.82) is 0 Å². The summed E-state index contributed by atoms with van der Waals surface area (Å²) in [5.74, 6) is 0.184. The summed E-state index contributed by atoms with van der Waals surface area (Å²) in [6, 6.07) is 5.05. The SMILES string of the molecule is CC(N)C1CCCCN1Cc1cc(Cl)ccc1OC(F)F. The van der Waals surface area contributed by atoms with Gasteiger partial charge in [-0.3, -0.25) is 4.90 Å². The van der Waals surface area contributed by atoms with Gasteiger partial charge >= 0.3 is 6.61 Å². The van der Waals surface area contributed by atoms with Gasteiger partial charge in [0.1, 0.15) is 5.75 Å². The summed E-state index contributed by atoms with van der Waals surface area (Å²) >= 11 is 5.98. The van der Waals surface area contributed by atoms with E-state index in [0.29, 0.717) is 17.1 Å². The molecule has 0 spiro atoms. The number of likely N-dealkylation sites (tertiary alicyclic amines) is 1. The van der Waals surface area contributed by atoms with Crippen LogP contribution < -0.4 is 10.5 Å². The van der Waals surface area contributed by atoms with E-state index in [1.165, 1.54) is 6.07 Å². The molecule has 2 unspecified atom stereocenters. The van der Waals surface area contributed by atoms with Gasteiger partial charge in [0.05, 0.1) is 0 Å². The molecule has 1 aromatic carbocycles. The fourth-order valence-corrected chi connectivity index (χ4v) is 3.10. The molecule has 2 N–H and O–H groups in total. The number of nitrogens with two attached hydrogens (primary N) is 1. The summed E-state index contributed by atoms with van der Waals surface area (Å²) in [6.45, 7) is 0.578. The van der Waals surface area contributed by atoms with E-state index in [1.807, 2.05) is 6.92 Å². The van der Waals surface area contributed by atoms with Crippen LogP contribution in [0.15, 0.2) is 18.2 Å². The van der Waals surface area contributed by atoms with Crippen molar-refractivity contribution in [3.8, 4) is 5.75 Å². The first-order valence-corrected chi connectivity index (χ1v) is 7.58. The van der Waals surface area contributed by atoms with Gasteiger partial charge in [-0.1, -0.05) is 18.0 Å². The number of halogens is 3. The number of piperidine rings is 1. The summed E-state index contributed by atoms with van der Waals surface area (Å²) in [5.41, 5.74) is 6.72. The van der Waals surface area contributed by atoms with E-state index in [-0.39, 0.29) is 17.8 Å². The zero-order valence-corrected chi connectivity index (χ0v) is 12.8. The Kier molecular flexibility index (Phi) is 5.79. The predicted octanol–water partition coefficient (Wildman–Crippen LogP) is 3.64. The van der Waals surface area contributed by atoms with E-state index in [1.54, 1.807) is 12.1 Å². The summed E-state index contributed by atoms with van der Waals surface area (Å²) in [4.78, 5) is 2.23. The molecule has 0 bridgehead atoms. The molecule has 1 aliphatic heterocycles. The molecule has 0 saturated carbocycles. The number of ether oxygens (including phenoxy) is 1. The van der Waals surface area contributed by atoms with Gasteiger partial charge in [0.15, 0.2) is 0 Å². The molecule has 0 radical (unpaired) electrons. The number of nitrogens with zero attached hydrogens (tertiary/aromatic N) is 1. The van der Waals surface area contributed by atoms with Crippen molar-refractivity contribution >= 4 is 11.6 Å². The lowest BCUT2D eigenvalue weighted by Gasteiger charge is -2.38. The Balaban J connectivity index is 2.18. The van der Waals surface area contributed by atoms with Gasteiger partial charge < -0.3 is 10.5 Å². The molecule has 1 aliphatic rings. The molecule has 3 nitrogen and oxygen atoms in total. The van der Waals surface area contributed by atoms with E-state index in [0.717, 1.165) is 25.8 Å². The van der Waals surface area contributed by atoms with Crippen molar-refractivity contribution in [3.63, 3.8) is 0 Å². The molecule has 0 aliphatic carbocycles. The van der Waals surface area contributed by atoms with Gasteiger partial charge in [-0.25, -0.2) is 0 Å².